The maximum atomic E-state index is 11.4. The van der Waals surface area contributed by atoms with Gasteiger partial charge in [0.2, 0.25) is 0 Å². The Labute approximate surface area is 149 Å². The maximum Gasteiger partial charge on any atom is 0.335 e. The van der Waals surface area contributed by atoms with Gasteiger partial charge in [-0.1, -0.05) is 30.3 Å². The molecule has 5 nitrogen and oxygen atoms in total. The summed E-state index contributed by atoms with van der Waals surface area (Å²) >= 11 is 0. The standard InChI is InChI=1S/C21H17NO4/c1-26-20-9-6-13(10-19(20)23)12-22-17-5-3-2-4-15(17)16-8-7-14(21(24)25)11-18(16)22/h2-11,23H,12H2,1H3,(H,24,25). The number of hydrogen-bond donors (Lipinski definition) is 2. The third kappa shape index (κ3) is 2.54. The second-order valence-corrected chi connectivity index (χ2v) is 6.15. The van der Waals surface area contributed by atoms with Crippen LogP contribution in [0.4, 0.5) is 0 Å². The zero-order chi connectivity index (χ0) is 18.3. The highest BCUT2D eigenvalue weighted by atomic mass is 16.5. The molecule has 1 aromatic heterocycles. The van der Waals surface area contributed by atoms with E-state index in [1.807, 2.05) is 36.4 Å². The summed E-state index contributed by atoms with van der Waals surface area (Å²) in [7, 11) is 1.51. The number of aromatic hydroxyl groups is 1. The van der Waals surface area contributed by atoms with E-state index in [0.29, 0.717) is 12.3 Å². The zero-order valence-electron chi connectivity index (χ0n) is 14.1. The number of fused-ring (bicyclic) bond motifs is 3. The molecule has 2 N–H and O–H groups in total. The summed E-state index contributed by atoms with van der Waals surface area (Å²) in [6.07, 6.45) is 0. The molecule has 0 amide bonds. The molecule has 0 atom stereocenters. The van der Waals surface area contributed by atoms with Crippen LogP contribution in [0.5, 0.6) is 11.5 Å². The number of rotatable bonds is 4. The number of methoxy groups -OCH3 is 1. The van der Waals surface area contributed by atoms with Gasteiger partial charge in [0.1, 0.15) is 0 Å². The van der Waals surface area contributed by atoms with Gasteiger partial charge in [-0.3, -0.25) is 0 Å². The first kappa shape index (κ1) is 16.0. The molecule has 0 fully saturated rings. The molecule has 0 aliphatic heterocycles. The predicted molar refractivity (Wildman–Crippen MR) is 100 cm³/mol. The van der Waals surface area contributed by atoms with E-state index in [2.05, 4.69) is 4.57 Å². The number of hydrogen-bond acceptors (Lipinski definition) is 3. The molecule has 0 saturated heterocycles. The maximum absolute atomic E-state index is 11.4. The van der Waals surface area contributed by atoms with Crippen molar-refractivity contribution in [1.82, 2.24) is 4.57 Å². The molecule has 0 radical (unpaired) electrons. The molecular formula is C21H17NO4. The van der Waals surface area contributed by atoms with E-state index in [1.54, 1.807) is 24.3 Å². The van der Waals surface area contributed by atoms with Gasteiger partial charge in [0.05, 0.1) is 18.2 Å². The Hall–Kier alpha value is -3.47. The average molecular weight is 347 g/mol. The van der Waals surface area contributed by atoms with Gasteiger partial charge in [-0.25, -0.2) is 4.79 Å². The fourth-order valence-electron chi connectivity index (χ4n) is 3.37. The second-order valence-electron chi connectivity index (χ2n) is 6.15. The molecule has 0 aliphatic rings. The van der Waals surface area contributed by atoms with Gasteiger partial charge in [0.25, 0.3) is 0 Å². The number of para-hydroxylation sites is 1. The summed E-state index contributed by atoms with van der Waals surface area (Å²) in [5, 5.41) is 21.5. The monoisotopic (exact) mass is 347 g/mol. The molecule has 0 unspecified atom stereocenters. The first-order valence-electron chi connectivity index (χ1n) is 8.18. The molecule has 4 rings (SSSR count). The van der Waals surface area contributed by atoms with Crippen LogP contribution in [0.1, 0.15) is 15.9 Å². The number of phenolic OH excluding ortho intramolecular Hbond substituents is 1. The van der Waals surface area contributed by atoms with E-state index >= 15 is 0 Å². The Bertz CT molecular complexity index is 1140. The largest absolute Gasteiger partial charge is 0.504 e. The molecular weight excluding hydrogens is 330 g/mol. The van der Waals surface area contributed by atoms with Crippen molar-refractivity contribution in [2.24, 2.45) is 0 Å². The lowest BCUT2D eigenvalue weighted by Crippen LogP contribution is -2.01. The van der Waals surface area contributed by atoms with Crippen LogP contribution in [0, 0.1) is 0 Å². The van der Waals surface area contributed by atoms with Crippen molar-refractivity contribution in [2.75, 3.05) is 7.11 Å². The molecule has 4 aromatic rings. The Morgan fingerprint density at radius 1 is 1.00 bits per heavy atom. The van der Waals surface area contributed by atoms with Gasteiger partial charge in [-0.2, -0.15) is 0 Å². The molecule has 0 bridgehead atoms. The summed E-state index contributed by atoms with van der Waals surface area (Å²) < 4.78 is 7.16. The van der Waals surface area contributed by atoms with Crippen LogP contribution in [0.2, 0.25) is 0 Å². The first-order chi connectivity index (χ1) is 12.6. The number of aromatic nitrogens is 1. The van der Waals surface area contributed by atoms with Gasteiger partial charge in [-0.05, 0) is 35.9 Å². The third-order valence-corrected chi connectivity index (χ3v) is 4.60. The molecule has 26 heavy (non-hydrogen) atoms. The number of nitrogens with zero attached hydrogens (tertiary/aromatic N) is 1. The molecule has 3 aromatic carbocycles. The Balaban J connectivity index is 1.92. The number of carboxylic acids is 1. The predicted octanol–water partition coefficient (Wildman–Crippen LogP) is 4.26. The molecule has 5 heteroatoms. The SMILES string of the molecule is COc1ccc(Cn2c3ccccc3c3ccc(C(=O)O)cc32)cc1O. The van der Waals surface area contributed by atoms with Gasteiger partial charge in [-0.15, -0.1) is 0 Å². The van der Waals surface area contributed by atoms with Gasteiger partial charge < -0.3 is 19.5 Å². The van der Waals surface area contributed by atoms with Crippen molar-refractivity contribution < 1.29 is 19.7 Å². The summed E-state index contributed by atoms with van der Waals surface area (Å²) in [6.45, 7) is 0.505. The highest BCUT2D eigenvalue weighted by Gasteiger charge is 2.14. The van der Waals surface area contributed by atoms with E-state index in [-0.39, 0.29) is 11.3 Å². The molecule has 0 aliphatic carbocycles. The summed E-state index contributed by atoms with van der Waals surface area (Å²) in [6, 6.07) is 18.4. The highest BCUT2D eigenvalue weighted by molar-refractivity contribution is 6.09. The first-order valence-corrected chi connectivity index (χ1v) is 8.18. The van der Waals surface area contributed by atoms with E-state index in [4.69, 9.17) is 4.74 Å². The Morgan fingerprint density at radius 2 is 1.77 bits per heavy atom. The number of aromatic carboxylic acids is 1. The van der Waals surface area contributed by atoms with E-state index in [9.17, 15) is 15.0 Å². The molecule has 0 spiro atoms. The van der Waals surface area contributed by atoms with Crippen LogP contribution in [-0.4, -0.2) is 27.9 Å². The van der Waals surface area contributed by atoms with Crippen LogP contribution in [0.15, 0.2) is 60.7 Å². The normalized spacial score (nSPS) is 11.1. The van der Waals surface area contributed by atoms with E-state index in [1.165, 1.54) is 7.11 Å². The van der Waals surface area contributed by atoms with Crippen molar-refractivity contribution in [3.63, 3.8) is 0 Å². The van der Waals surface area contributed by atoms with Crippen LogP contribution in [0.25, 0.3) is 21.8 Å². The second kappa shape index (κ2) is 6.11. The van der Waals surface area contributed by atoms with Gasteiger partial charge in [0.15, 0.2) is 11.5 Å². The van der Waals surface area contributed by atoms with Crippen LogP contribution in [-0.2, 0) is 6.54 Å². The summed E-state index contributed by atoms with van der Waals surface area (Å²) in [5.74, 6) is -0.452. The number of ether oxygens (including phenoxy) is 1. The number of carboxylic acid groups (broad SMARTS) is 1. The number of carbonyl (C=O) groups is 1. The lowest BCUT2D eigenvalue weighted by atomic mass is 10.1. The lowest BCUT2D eigenvalue weighted by Gasteiger charge is -2.10. The smallest absolute Gasteiger partial charge is 0.335 e. The molecule has 1 heterocycles. The van der Waals surface area contributed by atoms with Gasteiger partial charge in [0, 0.05) is 22.8 Å². The van der Waals surface area contributed by atoms with Crippen LogP contribution >= 0.6 is 0 Å². The third-order valence-electron chi connectivity index (χ3n) is 4.60. The molecule has 0 saturated carbocycles. The minimum atomic E-state index is -0.953. The quantitative estimate of drug-likeness (QED) is 0.579. The van der Waals surface area contributed by atoms with Crippen LogP contribution in [0.3, 0.4) is 0 Å². The van der Waals surface area contributed by atoms with E-state index in [0.717, 1.165) is 27.4 Å². The van der Waals surface area contributed by atoms with Crippen molar-refractivity contribution >= 4 is 27.8 Å². The number of phenols is 1. The minimum absolute atomic E-state index is 0.0805. The van der Waals surface area contributed by atoms with Crippen molar-refractivity contribution in [3.8, 4) is 11.5 Å². The lowest BCUT2D eigenvalue weighted by molar-refractivity contribution is 0.0697. The fourth-order valence-corrected chi connectivity index (χ4v) is 3.37. The Morgan fingerprint density at radius 3 is 2.50 bits per heavy atom. The molecule has 130 valence electrons. The van der Waals surface area contributed by atoms with Gasteiger partial charge >= 0.3 is 5.97 Å². The highest BCUT2D eigenvalue weighted by Crippen LogP contribution is 2.32. The topological polar surface area (TPSA) is 71.7 Å². The van der Waals surface area contributed by atoms with Crippen molar-refractivity contribution in [3.05, 3.63) is 71.8 Å². The summed E-state index contributed by atoms with van der Waals surface area (Å²) in [5.41, 5.74) is 3.01. The van der Waals surface area contributed by atoms with Crippen molar-refractivity contribution in [2.45, 2.75) is 6.54 Å². The minimum Gasteiger partial charge on any atom is -0.504 e. The van der Waals surface area contributed by atoms with Crippen LogP contribution < -0.4 is 4.74 Å². The average Bonchev–Trinajstić information content (AvgIpc) is 2.95. The Kier molecular flexibility index (Phi) is 3.77. The van der Waals surface area contributed by atoms with Crippen molar-refractivity contribution in [1.29, 1.82) is 0 Å². The summed E-state index contributed by atoms with van der Waals surface area (Å²) in [4.78, 5) is 11.4. The number of benzene rings is 3. The van der Waals surface area contributed by atoms with E-state index < -0.39 is 5.97 Å². The zero-order valence-corrected chi connectivity index (χ0v) is 14.1. The fraction of sp³-hybridized carbons (Fsp3) is 0.0952.